The zero-order chi connectivity index (χ0) is 10.7. The van der Waals surface area contributed by atoms with Crippen molar-refractivity contribution in [1.29, 1.82) is 0 Å². The van der Waals surface area contributed by atoms with Gasteiger partial charge in [-0.05, 0) is 32.6 Å². The molecule has 2 atom stereocenters. The first-order valence-electron chi connectivity index (χ1n) is 5.51. The second-order valence-corrected chi connectivity index (χ2v) is 6.07. The molecule has 1 aromatic heterocycles. The molecule has 1 aliphatic heterocycles. The Bertz CT molecular complexity index is 305. The Labute approximate surface area is 99.9 Å². The van der Waals surface area contributed by atoms with E-state index in [4.69, 9.17) is 4.98 Å². The lowest BCUT2D eigenvalue weighted by Crippen LogP contribution is -2.13. The topological polar surface area (TPSA) is 24.9 Å². The summed E-state index contributed by atoms with van der Waals surface area (Å²) in [6.45, 7) is 2.16. The quantitative estimate of drug-likeness (QED) is 0.882. The molecule has 2 unspecified atom stereocenters. The Kier molecular flexibility index (Phi) is 4.05. The number of rotatable bonds is 3. The molecule has 2 rings (SSSR count). The predicted molar refractivity (Wildman–Crippen MR) is 68.9 cm³/mol. The van der Waals surface area contributed by atoms with E-state index < -0.39 is 0 Å². The molecule has 0 saturated carbocycles. The van der Waals surface area contributed by atoms with Gasteiger partial charge < -0.3 is 5.32 Å². The van der Waals surface area contributed by atoms with Gasteiger partial charge in [0.15, 0.2) is 0 Å². The summed E-state index contributed by atoms with van der Waals surface area (Å²) in [5, 5.41) is 6.79. The monoisotopic (exact) mass is 242 g/mol. The van der Waals surface area contributed by atoms with Gasteiger partial charge >= 0.3 is 0 Å². The third-order valence-corrected chi connectivity index (χ3v) is 5.17. The summed E-state index contributed by atoms with van der Waals surface area (Å²) in [5.74, 6) is 3.31. The lowest BCUT2D eigenvalue weighted by molar-refractivity contribution is 0.618. The molecule has 0 bridgehead atoms. The molecule has 0 amide bonds. The molecule has 15 heavy (non-hydrogen) atoms. The predicted octanol–water partition coefficient (Wildman–Crippen LogP) is 3.03. The average Bonchev–Trinajstić information content (AvgIpc) is 2.78. The van der Waals surface area contributed by atoms with Gasteiger partial charge in [0.2, 0.25) is 0 Å². The summed E-state index contributed by atoms with van der Waals surface area (Å²) in [6, 6.07) is 0.381. The number of nitrogens with one attached hydrogen (secondary N) is 1. The number of nitrogens with zero attached hydrogens (tertiary/aromatic N) is 1. The minimum atomic E-state index is 0.381. The van der Waals surface area contributed by atoms with Gasteiger partial charge in [-0.15, -0.1) is 11.3 Å². The second kappa shape index (κ2) is 5.32. The fraction of sp³-hybridized carbons (Fsp3) is 0.727. The Morgan fingerprint density at radius 1 is 1.60 bits per heavy atom. The number of thioether (sulfide) groups is 1. The van der Waals surface area contributed by atoms with Crippen LogP contribution in [0.25, 0.3) is 0 Å². The van der Waals surface area contributed by atoms with Crippen LogP contribution in [-0.2, 0) is 0 Å². The Morgan fingerprint density at radius 3 is 3.13 bits per heavy atom. The van der Waals surface area contributed by atoms with Crippen LogP contribution in [0.3, 0.4) is 0 Å². The molecular weight excluding hydrogens is 224 g/mol. The summed E-state index contributed by atoms with van der Waals surface area (Å²) >= 11 is 3.91. The van der Waals surface area contributed by atoms with Crippen molar-refractivity contribution in [3.63, 3.8) is 0 Å². The zero-order valence-electron chi connectivity index (χ0n) is 9.32. The van der Waals surface area contributed by atoms with Crippen LogP contribution >= 0.6 is 23.1 Å². The van der Waals surface area contributed by atoms with Gasteiger partial charge in [-0.3, -0.25) is 0 Å². The standard InChI is InChI=1S/C11H18N2S2/c1-8(12-2)10-7-15-11(13-10)9-4-3-5-14-6-9/h7-9,12H,3-6H2,1-2H3. The molecular formula is C11H18N2S2. The van der Waals surface area contributed by atoms with Crippen molar-refractivity contribution in [3.05, 3.63) is 16.1 Å². The van der Waals surface area contributed by atoms with Crippen molar-refractivity contribution in [3.8, 4) is 0 Å². The molecule has 1 fully saturated rings. The maximum Gasteiger partial charge on any atom is 0.0968 e. The van der Waals surface area contributed by atoms with Crippen LogP contribution in [0, 0.1) is 0 Å². The lowest BCUT2D eigenvalue weighted by Gasteiger charge is -2.18. The summed E-state index contributed by atoms with van der Waals surface area (Å²) in [6.07, 6.45) is 2.68. The molecule has 2 nitrogen and oxygen atoms in total. The maximum absolute atomic E-state index is 4.75. The van der Waals surface area contributed by atoms with E-state index in [1.807, 2.05) is 18.4 Å². The van der Waals surface area contributed by atoms with Crippen molar-refractivity contribution in [2.24, 2.45) is 0 Å². The first-order chi connectivity index (χ1) is 7.31. The summed E-state index contributed by atoms with van der Waals surface area (Å²) < 4.78 is 0. The average molecular weight is 242 g/mol. The Morgan fingerprint density at radius 2 is 2.47 bits per heavy atom. The summed E-state index contributed by atoms with van der Waals surface area (Å²) in [7, 11) is 1.99. The molecule has 4 heteroatoms. The van der Waals surface area contributed by atoms with Gasteiger partial charge in [-0.2, -0.15) is 11.8 Å². The van der Waals surface area contributed by atoms with Crippen LogP contribution in [0.1, 0.15) is 42.4 Å². The van der Waals surface area contributed by atoms with E-state index in [1.165, 1.54) is 35.0 Å². The van der Waals surface area contributed by atoms with Crippen molar-refractivity contribution in [2.75, 3.05) is 18.6 Å². The SMILES string of the molecule is CNC(C)c1csc(C2CCCSC2)n1. The molecule has 0 aromatic carbocycles. The lowest BCUT2D eigenvalue weighted by atomic mass is 10.1. The highest BCUT2D eigenvalue weighted by Crippen LogP contribution is 2.33. The molecule has 1 saturated heterocycles. The van der Waals surface area contributed by atoms with Crippen LogP contribution < -0.4 is 5.32 Å². The first-order valence-corrected chi connectivity index (χ1v) is 7.55. The number of thiazole rings is 1. The van der Waals surface area contributed by atoms with Crippen LogP contribution in [0.15, 0.2) is 5.38 Å². The molecule has 84 valence electrons. The van der Waals surface area contributed by atoms with Crippen LogP contribution in [0.4, 0.5) is 0 Å². The van der Waals surface area contributed by atoms with Gasteiger partial charge in [0.05, 0.1) is 10.7 Å². The molecule has 0 radical (unpaired) electrons. The summed E-state index contributed by atoms with van der Waals surface area (Å²) in [5.41, 5.74) is 1.20. The highest BCUT2D eigenvalue weighted by molar-refractivity contribution is 7.99. The maximum atomic E-state index is 4.75. The highest BCUT2D eigenvalue weighted by Gasteiger charge is 2.19. The molecule has 1 aromatic rings. The zero-order valence-corrected chi connectivity index (χ0v) is 11.0. The highest BCUT2D eigenvalue weighted by atomic mass is 32.2. The molecule has 0 aliphatic carbocycles. The normalized spacial score (nSPS) is 24.0. The minimum absolute atomic E-state index is 0.381. The van der Waals surface area contributed by atoms with E-state index in [0.29, 0.717) is 12.0 Å². The fourth-order valence-electron chi connectivity index (χ4n) is 1.77. The molecule has 2 heterocycles. The molecule has 0 spiro atoms. The van der Waals surface area contributed by atoms with Gasteiger partial charge in [0.1, 0.15) is 0 Å². The fourth-order valence-corrected chi connectivity index (χ4v) is 4.07. The minimum Gasteiger partial charge on any atom is -0.312 e. The van der Waals surface area contributed by atoms with Crippen molar-refractivity contribution in [2.45, 2.75) is 31.7 Å². The smallest absolute Gasteiger partial charge is 0.0968 e. The number of hydrogen-bond donors (Lipinski definition) is 1. The van der Waals surface area contributed by atoms with Gasteiger partial charge in [0.25, 0.3) is 0 Å². The Hall–Kier alpha value is -0.0600. The third kappa shape index (κ3) is 2.74. The first kappa shape index (κ1) is 11.4. The summed E-state index contributed by atoms with van der Waals surface area (Å²) in [4.78, 5) is 4.75. The van der Waals surface area contributed by atoms with Gasteiger partial charge in [-0.1, -0.05) is 0 Å². The third-order valence-electron chi connectivity index (χ3n) is 2.93. The van der Waals surface area contributed by atoms with E-state index in [2.05, 4.69) is 29.4 Å². The van der Waals surface area contributed by atoms with Gasteiger partial charge in [0, 0.05) is 23.1 Å². The Balaban J connectivity index is 2.05. The van der Waals surface area contributed by atoms with Crippen molar-refractivity contribution >= 4 is 23.1 Å². The van der Waals surface area contributed by atoms with Crippen molar-refractivity contribution < 1.29 is 0 Å². The number of hydrogen-bond acceptors (Lipinski definition) is 4. The largest absolute Gasteiger partial charge is 0.312 e. The van der Waals surface area contributed by atoms with Crippen LogP contribution in [0.2, 0.25) is 0 Å². The van der Waals surface area contributed by atoms with E-state index in [1.54, 1.807) is 0 Å². The molecule has 1 N–H and O–H groups in total. The van der Waals surface area contributed by atoms with E-state index >= 15 is 0 Å². The second-order valence-electron chi connectivity index (χ2n) is 4.04. The van der Waals surface area contributed by atoms with Crippen LogP contribution in [0.5, 0.6) is 0 Å². The van der Waals surface area contributed by atoms with E-state index in [0.717, 1.165) is 0 Å². The van der Waals surface area contributed by atoms with Crippen molar-refractivity contribution in [1.82, 2.24) is 10.3 Å². The molecule has 1 aliphatic rings. The number of aromatic nitrogens is 1. The van der Waals surface area contributed by atoms with Gasteiger partial charge in [-0.25, -0.2) is 4.98 Å². The van der Waals surface area contributed by atoms with E-state index in [9.17, 15) is 0 Å². The van der Waals surface area contributed by atoms with Crippen LogP contribution in [-0.4, -0.2) is 23.5 Å². The van der Waals surface area contributed by atoms with E-state index in [-0.39, 0.29) is 0 Å².